The van der Waals surface area contributed by atoms with Crippen molar-refractivity contribution in [2.45, 2.75) is 51.4 Å². The van der Waals surface area contributed by atoms with Gasteiger partial charge in [0.15, 0.2) is 0 Å². The van der Waals surface area contributed by atoms with Crippen LogP contribution in [-0.4, -0.2) is 47.1 Å². The fourth-order valence-corrected chi connectivity index (χ4v) is 5.99. The second kappa shape index (κ2) is 12.7. The van der Waals surface area contributed by atoms with Crippen LogP contribution in [0.5, 0.6) is 0 Å². The Balaban J connectivity index is 1.62. The Morgan fingerprint density at radius 3 is 1.18 bits per heavy atom. The van der Waals surface area contributed by atoms with E-state index in [1.807, 2.05) is 60.7 Å². The van der Waals surface area contributed by atoms with Crippen molar-refractivity contribution < 1.29 is 29.4 Å². The van der Waals surface area contributed by atoms with Crippen LogP contribution in [0, 0.1) is 23.7 Å². The summed E-state index contributed by atoms with van der Waals surface area (Å²) in [6, 6.07) is 18.2. The molecule has 0 radical (unpaired) electrons. The predicted octanol–water partition coefficient (Wildman–Crippen LogP) is 4.83. The van der Waals surface area contributed by atoms with E-state index in [1.54, 1.807) is 9.80 Å². The minimum Gasteiger partial charge on any atom is -0.481 e. The molecule has 8 nitrogen and oxygen atoms in total. The molecule has 0 heterocycles. The second-order valence-corrected chi connectivity index (χ2v) is 10.3. The summed E-state index contributed by atoms with van der Waals surface area (Å²) in [7, 11) is 0. The number of carboxylic acids is 2. The van der Waals surface area contributed by atoms with Gasteiger partial charge in [0, 0.05) is 24.5 Å². The van der Waals surface area contributed by atoms with Crippen molar-refractivity contribution in [1.29, 1.82) is 0 Å². The van der Waals surface area contributed by atoms with E-state index in [4.69, 9.17) is 0 Å². The van der Waals surface area contributed by atoms with Gasteiger partial charge in [-0.25, -0.2) is 0 Å². The van der Waals surface area contributed by atoms with E-state index in [0.29, 0.717) is 37.1 Å². The zero-order valence-corrected chi connectivity index (χ0v) is 21.6. The van der Waals surface area contributed by atoms with Crippen LogP contribution in [0.2, 0.25) is 0 Å². The van der Waals surface area contributed by atoms with Crippen LogP contribution in [0.15, 0.2) is 60.7 Å². The van der Waals surface area contributed by atoms with Gasteiger partial charge in [-0.3, -0.25) is 19.2 Å². The van der Waals surface area contributed by atoms with E-state index in [1.165, 1.54) is 0 Å². The molecule has 2 saturated carbocycles. The molecule has 38 heavy (non-hydrogen) atoms. The number of hydrogen-bond acceptors (Lipinski definition) is 4. The molecule has 2 N–H and O–H groups in total. The van der Waals surface area contributed by atoms with Crippen LogP contribution in [0.25, 0.3) is 0 Å². The first-order chi connectivity index (χ1) is 18.4. The highest BCUT2D eigenvalue weighted by atomic mass is 16.4. The quantitative estimate of drug-likeness (QED) is 0.489. The number of para-hydroxylation sites is 2. The van der Waals surface area contributed by atoms with Crippen LogP contribution in [0.4, 0.5) is 11.4 Å². The summed E-state index contributed by atoms with van der Waals surface area (Å²) in [5.74, 6) is -5.10. The average molecular weight is 521 g/mol. The molecule has 0 bridgehead atoms. The summed E-state index contributed by atoms with van der Waals surface area (Å²) in [6.07, 6.45) is 5.16. The molecule has 0 aromatic heterocycles. The number of nitrogens with zero attached hydrogens (tertiary/aromatic N) is 2. The number of carbonyl (C=O) groups excluding carboxylic acids is 2. The van der Waals surface area contributed by atoms with Gasteiger partial charge < -0.3 is 20.0 Å². The Bertz CT molecular complexity index is 1030. The fraction of sp³-hybridized carbons (Fsp3) is 0.467. The van der Waals surface area contributed by atoms with Gasteiger partial charge in [-0.05, 0) is 49.9 Å². The van der Waals surface area contributed by atoms with Gasteiger partial charge in [0.05, 0.1) is 23.7 Å². The van der Waals surface area contributed by atoms with Gasteiger partial charge in [-0.15, -0.1) is 0 Å². The van der Waals surface area contributed by atoms with Gasteiger partial charge in [0.1, 0.15) is 0 Å². The molecule has 2 aliphatic rings. The first kappa shape index (κ1) is 27.4. The highest BCUT2D eigenvalue weighted by Crippen LogP contribution is 2.35. The van der Waals surface area contributed by atoms with E-state index in [0.717, 1.165) is 25.7 Å². The summed E-state index contributed by atoms with van der Waals surface area (Å²) in [4.78, 5) is 54.8. The summed E-state index contributed by atoms with van der Waals surface area (Å²) < 4.78 is 0. The lowest BCUT2D eigenvalue weighted by atomic mass is 9.78. The van der Waals surface area contributed by atoms with Crippen molar-refractivity contribution in [3.63, 3.8) is 0 Å². The number of benzene rings is 2. The molecule has 2 fully saturated rings. The monoisotopic (exact) mass is 520 g/mol. The number of amides is 2. The highest BCUT2D eigenvalue weighted by molar-refractivity contribution is 5.99. The van der Waals surface area contributed by atoms with Gasteiger partial charge >= 0.3 is 11.9 Å². The molecule has 0 unspecified atom stereocenters. The molecule has 0 aliphatic heterocycles. The first-order valence-corrected chi connectivity index (χ1v) is 13.6. The maximum Gasteiger partial charge on any atom is 0.307 e. The third-order valence-electron chi connectivity index (χ3n) is 8.02. The Labute approximate surface area is 223 Å². The molecule has 2 aromatic rings. The lowest BCUT2D eigenvalue weighted by molar-refractivity contribution is -0.148. The Morgan fingerprint density at radius 1 is 0.553 bits per heavy atom. The summed E-state index contributed by atoms with van der Waals surface area (Å²) >= 11 is 0. The summed E-state index contributed by atoms with van der Waals surface area (Å²) in [5.41, 5.74) is 1.29. The third kappa shape index (κ3) is 6.23. The normalized spacial score (nSPS) is 23.3. The highest BCUT2D eigenvalue weighted by Gasteiger charge is 2.40. The standard InChI is InChI=1S/C30H36N2O6/c33-27(23-15-7-9-17-25(23)29(35)36)31(21-11-3-1-4-12-21)19-20-32(22-13-5-2-6-14-22)28(34)24-16-8-10-18-26(24)30(37)38/h1-6,11-14,23-26H,7-10,15-20H2,(H,35,36)(H,37,38)/t23-,24+,25-,26-/m0/s1. The molecule has 2 aliphatic carbocycles. The molecule has 2 aromatic carbocycles. The predicted molar refractivity (Wildman–Crippen MR) is 144 cm³/mol. The molecular weight excluding hydrogens is 484 g/mol. The van der Waals surface area contributed by atoms with E-state index >= 15 is 0 Å². The molecule has 0 spiro atoms. The zero-order chi connectivity index (χ0) is 27.1. The first-order valence-electron chi connectivity index (χ1n) is 13.6. The van der Waals surface area contributed by atoms with Crippen molar-refractivity contribution in [1.82, 2.24) is 0 Å². The lowest BCUT2D eigenvalue weighted by Crippen LogP contribution is -2.48. The topological polar surface area (TPSA) is 115 Å². The van der Waals surface area contributed by atoms with Gasteiger partial charge in [0.25, 0.3) is 0 Å². The molecule has 2 amide bonds. The Kier molecular flexibility index (Phi) is 9.15. The van der Waals surface area contributed by atoms with Crippen molar-refractivity contribution in [3.8, 4) is 0 Å². The number of hydrogen-bond donors (Lipinski definition) is 2. The van der Waals surface area contributed by atoms with E-state index in [9.17, 15) is 29.4 Å². The van der Waals surface area contributed by atoms with Gasteiger partial charge in [-0.1, -0.05) is 62.1 Å². The average Bonchev–Trinajstić information content (AvgIpc) is 2.95. The van der Waals surface area contributed by atoms with Crippen molar-refractivity contribution in [3.05, 3.63) is 60.7 Å². The SMILES string of the molecule is O=C(O)[C@H]1CCCC[C@@H]1C(=O)N(CCN(C(=O)[C@@H]1CCCC[C@@H]1C(=O)O)c1ccccc1)c1ccccc1. The zero-order valence-electron chi connectivity index (χ0n) is 21.6. The van der Waals surface area contributed by atoms with E-state index in [-0.39, 0.29) is 24.9 Å². The number of rotatable bonds is 9. The number of carboxylic acid groups (broad SMARTS) is 2. The van der Waals surface area contributed by atoms with Crippen LogP contribution in [-0.2, 0) is 19.2 Å². The smallest absolute Gasteiger partial charge is 0.307 e. The van der Waals surface area contributed by atoms with Crippen LogP contribution in [0.3, 0.4) is 0 Å². The minimum atomic E-state index is -0.950. The van der Waals surface area contributed by atoms with Crippen LogP contribution in [0.1, 0.15) is 51.4 Å². The van der Waals surface area contributed by atoms with Gasteiger partial charge in [0.2, 0.25) is 11.8 Å². The molecule has 4 atom stereocenters. The maximum absolute atomic E-state index is 13.9. The lowest BCUT2D eigenvalue weighted by Gasteiger charge is -2.36. The maximum atomic E-state index is 13.9. The van der Waals surface area contributed by atoms with Crippen molar-refractivity contribution in [2.75, 3.05) is 22.9 Å². The molecular formula is C30H36N2O6. The summed E-state index contributed by atoms with van der Waals surface area (Å²) in [5, 5.41) is 19.6. The Morgan fingerprint density at radius 2 is 0.868 bits per heavy atom. The van der Waals surface area contributed by atoms with Crippen LogP contribution >= 0.6 is 0 Å². The summed E-state index contributed by atoms with van der Waals surface area (Å²) in [6.45, 7) is 0.327. The number of aliphatic carboxylic acids is 2. The van der Waals surface area contributed by atoms with E-state index in [2.05, 4.69) is 0 Å². The molecule has 4 rings (SSSR count). The largest absolute Gasteiger partial charge is 0.481 e. The van der Waals surface area contributed by atoms with Crippen LogP contribution < -0.4 is 9.80 Å². The van der Waals surface area contributed by atoms with Gasteiger partial charge in [-0.2, -0.15) is 0 Å². The third-order valence-corrected chi connectivity index (χ3v) is 8.02. The van der Waals surface area contributed by atoms with Crippen molar-refractivity contribution in [2.24, 2.45) is 23.7 Å². The van der Waals surface area contributed by atoms with Crippen molar-refractivity contribution >= 4 is 35.1 Å². The Hall–Kier alpha value is -3.68. The fourth-order valence-electron chi connectivity index (χ4n) is 5.99. The molecule has 8 heteroatoms. The minimum absolute atomic E-state index is 0.163. The molecule has 202 valence electrons. The number of carbonyl (C=O) groups is 4. The van der Waals surface area contributed by atoms with E-state index < -0.39 is 35.6 Å². The number of anilines is 2. The second-order valence-electron chi connectivity index (χ2n) is 10.3. The molecule has 0 saturated heterocycles.